The molecule has 1 nitrogen and oxygen atoms in total. The van der Waals surface area contributed by atoms with E-state index in [-0.39, 0.29) is 0 Å². The van der Waals surface area contributed by atoms with Crippen molar-refractivity contribution in [1.29, 1.82) is 0 Å². The maximum Gasteiger partial charge on any atom is 0.0464 e. The topological polar surface area (TPSA) is 20.2 Å². The monoisotopic (exact) mass is 114 g/mol. The van der Waals surface area contributed by atoms with Crippen molar-refractivity contribution in [3.63, 3.8) is 0 Å². The van der Waals surface area contributed by atoms with Gasteiger partial charge in [0.1, 0.15) is 0 Å². The van der Waals surface area contributed by atoms with E-state index in [1.807, 2.05) is 0 Å². The molecule has 0 bridgehead atoms. The van der Waals surface area contributed by atoms with Crippen LogP contribution in [-0.2, 0) is 0 Å². The maximum absolute atomic E-state index is 8.68. The smallest absolute Gasteiger partial charge is 0.0464 e. The molecular weight excluding hydrogens is 100 g/mol. The molecule has 8 heavy (non-hydrogen) atoms. The molecule has 3 atom stereocenters. The molecule has 1 saturated carbocycles. The van der Waals surface area contributed by atoms with E-state index in [0.717, 1.165) is 11.8 Å². The first-order valence-corrected chi connectivity index (χ1v) is 3.42. The van der Waals surface area contributed by atoms with Crippen molar-refractivity contribution in [2.24, 2.45) is 17.8 Å². The summed E-state index contributed by atoms with van der Waals surface area (Å²) in [5.74, 6) is 2.27. The van der Waals surface area contributed by atoms with Crippen molar-refractivity contribution in [3.8, 4) is 0 Å². The number of aliphatic hydroxyl groups excluding tert-OH is 1. The molecule has 48 valence electrons. The molecule has 1 N–H and O–H groups in total. The van der Waals surface area contributed by atoms with Crippen LogP contribution in [0.1, 0.15) is 20.3 Å². The Morgan fingerprint density at radius 1 is 1.38 bits per heavy atom. The van der Waals surface area contributed by atoms with Gasteiger partial charge in [-0.05, 0) is 17.8 Å². The van der Waals surface area contributed by atoms with E-state index in [4.69, 9.17) is 5.11 Å². The van der Waals surface area contributed by atoms with Gasteiger partial charge < -0.3 is 5.11 Å². The third-order valence-electron chi connectivity index (χ3n) is 2.44. The highest BCUT2D eigenvalue weighted by Crippen LogP contribution is 2.47. The van der Waals surface area contributed by atoms with Gasteiger partial charge in [0.05, 0.1) is 0 Å². The van der Waals surface area contributed by atoms with Crippen LogP contribution in [0.5, 0.6) is 0 Å². The second kappa shape index (κ2) is 2.06. The minimum absolute atomic E-state index is 0.402. The summed E-state index contributed by atoms with van der Waals surface area (Å²) < 4.78 is 0. The van der Waals surface area contributed by atoms with Gasteiger partial charge in [0.15, 0.2) is 0 Å². The summed E-state index contributed by atoms with van der Waals surface area (Å²) in [5, 5.41) is 8.68. The van der Waals surface area contributed by atoms with Crippen molar-refractivity contribution >= 4 is 0 Å². The first-order chi connectivity index (χ1) is 3.81. The molecule has 0 aromatic heterocycles. The quantitative estimate of drug-likeness (QED) is 0.573. The lowest BCUT2D eigenvalue weighted by Crippen LogP contribution is -1.86. The molecule has 1 rings (SSSR count). The summed E-state index contributed by atoms with van der Waals surface area (Å²) in [4.78, 5) is 0. The lowest BCUT2D eigenvalue weighted by molar-refractivity contribution is 0.264. The Kier molecular flexibility index (Phi) is 1.57. The van der Waals surface area contributed by atoms with Gasteiger partial charge in [0, 0.05) is 6.61 Å². The molecule has 1 fully saturated rings. The van der Waals surface area contributed by atoms with Gasteiger partial charge in [-0.15, -0.1) is 0 Å². The van der Waals surface area contributed by atoms with Crippen molar-refractivity contribution in [1.82, 2.24) is 0 Å². The van der Waals surface area contributed by atoms with Gasteiger partial charge in [-0.2, -0.15) is 0 Å². The fourth-order valence-electron chi connectivity index (χ4n) is 1.61. The maximum atomic E-state index is 8.68. The highest BCUT2D eigenvalue weighted by atomic mass is 16.3. The summed E-state index contributed by atoms with van der Waals surface area (Å²) >= 11 is 0. The lowest BCUT2D eigenvalue weighted by atomic mass is 10.2. The van der Waals surface area contributed by atoms with E-state index in [1.54, 1.807) is 0 Å². The summed E-state index contributed by atoms with van der Waals surface area (Å²) in [5.41, 5.74) is 0. The fraction of sp³-hybridized carbons (Fsp3) is 1.00. The highest BCUT2D eigenvalue weighted by molar-refractivity contribution is 4.92. The van der Waals surface area contributed by atoms with Crippen LogP contribution in [0.15, 0.2) is 0 Å². The van der Waals surface area contributed by atoms with Gasteiger partial charge in [-0.25, -0.2) is 0 Å². The predicted octanol–water partition coefficient (Wildman–Crippen LogP) is 1.27. The molecule has 0 heterocycles. The van der Waals surface area contributed by atoms with Gasteiger partial charge in [0.25, 0.3) is 0 Å². The summed E-state index contributed by atoms with van der Waals surface area (Å²) in [6.07, 6.45) is 1.24. The minimum Gasteiger partial charge on any atom is -0.396 e. The molecule has 0 unspecified atom stereocenters. The van der Waals surface area contributed by atoms with Crippen LogP contribution in [0.2, 0.25) is 0 Å². The number of rotatable bonds is 2. The Hall–Kier alpha value is -0.0400. The second-order valence-electron chi connectivity index (χ2n) is 2.78. The third kappa shape index (κ3) is 0.752. The molecule has 1 heteroatoms. The van der Waals surface area contributed by atoms with Crippen molar-refractivity contribution < 1.29 is 5.11 Å². The van der Waals surface area contributed by atoms with Crippen LogP contribution in [0, 0.1) is 17.8 Å². The van der Waals surface area contributed by atoms with Gasteiger partial charge in [-0.1, -0.05) is 20.3 Å². The highest BCUT2D eigenvalue weighted by Gasteiger charge is 2.43. The Balaban J connectivity index is 2.23. The largest absolute Gasteiger partial charge is 0.396 e. The van der Waals surface area contributed by atoms with E-state index in [0.29, 0.717) is 12.5 Å². The van der Waals surface area contributed by atoms with Crippen LogP contribution < -0.4 is 0 Å². The average molecular weight is 114 g/mol. The van der Waals surface area contributed by atoms with Crippen molar-refractivity contribution in [2.75, 3.05) is 6.61 Å². The normalized spacial score (nSPS) is 44.6. The molecule has 0 aliphatic heterocycles. The first-order valence-electron chi connectivity index (χ1n) is 3.42. The Bertz CT molecular complexity index is 70.5. The van der Waals surface area contributed by atoms with Gasteiger partial charge >= 0.3 is 0 Å². The molecule has 1 aliphatic carbocycles. The van der Waals surface area contributed by atoms with Crippen LogP contribution in [0.4, 0.5) is 0 Å². The number of hydrogen-bond acceptors (Lipinski definition) is 1. The van der Waals surface area contributed by atoms with Crippen LogP contribution >= 0.6 is 0 Å². The molecule has 0 aromatic rings. The molecular formula is C7H14O. The average Bonchev–Trinajstić information content (AvgIpc) is 2.40. The molecule has 0 amide bonds. The second-order valence-corrected chi connectivity index (χ2v) is 2.78. The number of hydrogen-bond donors (Lipinski definition) is 1. The Labute approximate surface area is 50.7 Å². The third-order valence-corrected chi connectivity index (χ3v) is 2.44. The van der Waals surface area contributed by atoms with Crippen molar-refractivity contribution in [2.45, 2.75) is 20.3 Å². The predicted molar refractivity (Wildman–Crippen MR) is 33.5 cm³/mol. The Morgan fingerprint density at radius 3 is 2.12 bits per heavy atom. The van der Waals surface area contributed by atoms with Crippen molar-refractivity contribution in [3.05, 3.63) is 0 Å². The van der Waals surface area contributed by atoms with Crippen LogP contribution in [-0.4, -0.2) is 11.7 Å². The van der Waals surface area contributed by atoms with Gasteiger partial charge in [0.2, 0.25) is 0 Å². The van der Waals surface area contributed by atoms with E-state index >= 15 is 0 Å². The molecule has 0 saturated heterocycles. The summed E-state index contributed by atoms with van der Waals surface area (Å²) in [6.45, 7) is 4.81. The van der Waals surface area contributed by atoms with E-state index in [1.165, 1.54) is 6.42 Å². The standard InChI is InChI=1S/C7H14O/c1-3-6-5(2)7(6)4-8/h5-8H,3-4H2,1-2H3/t5-,6+,7+/m0/s1. The lowest BCUT2D eigenvalue weighted by Gasteiger charge is -1.84. The zero-order valence-electron chi connectivity index (χ0n) is 5.59. The van der Waals surface area contributed by atoms with E-state index in [9.17, 15) is 0 Å². The zero-order chi connectivity index (χ0) is 6.15. The van der Waals surface area contributed by atoms with E-state index < -0.39 is 0 Å². The zero-order valence-corrected chi connectivity index (χ0v) is 5.59. The molecule has 0 spiro atoms. The molecule has 1 aliphatic rings. The molecule has 0 aromatic carbocycles. The Morgan fingerprint density at radius 2 is 2.00 bits per heavy atom. The minimum atomic E-state index is 0.402. The van der Waals surface area contributed by atoms with Crippen LogP contribution in [0.3, 0.4) is 0 Å². The van der Waals surface area contributed by atoms with Gasteiger partial charge in [-0.3, -0.25) is 0 Å². The first kappa shape index (κ1) is 6.09. The summed E-state index contributed by atoms with van der Waals surface area (Å²) in [7, 11) is 0. The summed E-state index contributed by atoms with van der Waals surface area (Å²) in [6, 6.07) is 0. The van der Waals surface area contributed by atoms with E-state index in [2.05, 4.69) is 13.8 Å². The molecule has 0 radical (unpaired) electrons. The number of aliphatic hydroxyl groups is 1. The SMILES string of the molecule is CC[C@@H]1[C@H](C)[C@H]1CO. The fourth-order valence-corrected chi connectivity index (χ4v) is 1.61. The van der Waals surface area contributed by atoms with Crippen LogP contribution in [0.25, 0.3) is 0 Å².